The topological polar surface area (TPSA) is 110 Å². The number of aromatic nitrogens is 3. The number of aryl methyl sites for hydroxylation is 1. The zero-order chi connectivity index (χ0) is 23.1. The predicted octanol–water partition coefficient (Wildman–Crippen LogP) is 3.37. The van der Waals surface area contributed by atoms with Gasteiger partial charge in [0, 0.05) is 36.2 Å². The largest absolute Gasteiger partial charge is 0.379 e. The van der Waals surface area contributed by atoms with Crippen LogP contribution >= 0.6 is 0 Å². The highest BCUT2D eigenvalue weighted by Crippen LogP contribution is 2.26. The minimum atomic E-state index is -1.46. The van der Waals surface area contributed by atoms with Gasteiger partial charge in [-0.3, -0.25) is 9.59 Å². The Morgan fingerprint density at radius 1 is 1.25 bits per heavy atom. The van der Waals surface area contributed by atoms with Crippen molar-refractivity contribution < 1.29 is 14.3 Å². The molecule has 32 heavy (non-hydrogen) atoms. The van der Waals surface area contributed by atoms with Crippen molar-refractivity contribution in [2.75, 3.05) is 13.2 Å². The van der Waals surface area contributed by atoms with Crippen LogP contribution in [0.25, 0.3) is 22.3 Å². The molecule has 2 heterocycles. The Hall–Kier alpha value is -3.57. The molecule has 1 atom stereocenters. The zero-order valence-corrected chi connectivity index (χ0v) is 18.5. The normalized spacial score (nSPS) is 12.0. The lowest BCUT2D eigenvalue weighted by Gasteiger charge is -2.12. The molecule has 8 nitrogen and oxygen atoms in total. The van der Waals surface area contributed by atoms with E-state index in [0.717, 1.165) is 5.56 Å². The summed E-state index contributed by atoms with van der Waals surface area (Å²) in [6, 6.07) is 12.9. The lowest BCUT2D eigenvalue weighted by Crippen LogP contribution is -2.35. The molecule has 0 aliphatic carbocycles. The van der Waals surface area contributed by atoms with E-state index in [9.17, 15) is 14.9 Å². The van der Waals surface area contributed by atoms with Crippen molar-refractivity contribution in [2.24, 2.45) is 5.92 Å². The highest BCUT2D eigenvalue weighted by Gasteiger charge is 2.30. The van der Waals surface area contributed by atoms with Crippen LogP contribution in [0.2, 0.25) is 0 Å². The van der Waals surface area contributed by atoms with Crippen LogP contribution in [0.15, 0.2) is 42.6 Å². The molecule has 1 N–H and O–H groups in total. The molecule has 1 amide bonds. The van der Waals surface area contributed by atoms with E-state index in [0.29, 0.717) is 42.8 Å². The fourth-order valence-electron chi connectivity index (χ4n) is 3.34. The number of pyridine rings is 1. The van der Waals surface area contributed by atoms with Gasteiger partial charge >= 0.3 is 0 Å². The molecular formula is C24H27N5O3. The Morgan fingerprint density at radius 3 is 2.66 bits per heavy atom. The first-order valence-corrected chi connectivity index (χ1v) is 10.7. The Bertz CT molecular complexity index is 1130. The van der Waals surface area contributed by atoms with Gasteiger partial charge in [-0.2, -0.15) is 10.4 Å². The van der Waals surface area contributed by atoms with E-state index in [-0.39, 0.29) is 11.7 Å². The minimum Gasteiger partial charge on any atom is -0.379 e. The first-order chi connectivity index (χ1) is 15.5. The van der Waals surface area contributed by atoms with Gasteiger partial charge in [0.15, 0.2) is 17.3 Å². The lowest BCUT2D eigenvalue weighted by atomic mass is 9.95. The van der Waals surface area contributed by atoms with Gasteiger partial charge in [0.25, 0.3) is 0 Å². The zero-order valence-electron chi connectivity index (χ0n) is 18.5. The van der Waals surface area contributed by atoms with Crippen LogP contribution in [0.5, 0.6) is 0 Å². The molecule has 1 unspecified atom stereocenters. The van der Waals surface area contributed by atoms with Gasteiger partial charge in [0.2, 0.25) is 5.91 Å². The van der Waals surface area contributed by atoms with Crippen LogP contribution in [-0.4, -0.2) is 45.7 Å². The number of carbonyl (C=O) groups excluding carboxylic acids is 2. The molecule has 0 fully saturated rings. The predicted molar refractivity (Wildman–Crippen MR) is 121 cm³/mol. The van der Waals surface area contributed by atoms with Crippen molar-refractivity contribution in [3.63, 3.8) is 0 Å². The van der Waals surface area contributed by atoms with Crippen LogP contribution in [0.3, 0.4) is 0 Å². The van der Waals surface area contributed by atoms with E-state index in [1.54, 1.807) is 16.9 Å². The summed E-state index contributed by atoms with van der Waals surface area (Å²) in [5.41, 5.74) is 2.22. The number of ketones is 1. The summed E-state index contributed by atoms with van der Waals surface area (Å²) < 4.78 is 7.13. The summed E-state index contributed by atoms with van der Waals surface area (Å²) in [7, 11) is 0. The molecule has 0 saturated heterocycles. The molecular weight excluding hydrogens is 406 g/mol. The number of carbonyl (C=O) groups is 2. The van der Waals surface area contributed by atoms with Crippen molar-refractivity contribution in [1.82, 2.24) is 20.1 Å². The van der Waals surface area contributed by atoms with Gasteiger partial charge in [-0.15, -0.1) is 0 Å². The number of hydrogen-bond donors (Lipinski definition) is 1. The SMILES string of the molecule is CCn1ncc2c(C(=O)C(C#N)C(=O)NCCCOC(C)C)cc(-c3ccccc3)nc21. The Labute approximate surface area is 187 Å². The number of rotatable bonds is 10. The number of amides is 1. The van der Waals surface area contributed by atoms with Crippen molar-refractivity contribution >= 4 is 22.7 Å². The van der Waals surface area contributed by atoms with Gasteiger partial charge < -0.3 is 10.1 Å². The highest BCUT2D eigenvalue weighted by atomic mass is 16.5. The monoisotopic (exact) mass is 433 g/mol. The second-order valence-corrected chi connectivity index (χ2v) is 7.61. The molecule has 0 aliphatic heterocycles. The van der Waals surface area contributed by atoms with E-state index in [1.165, 1.54) is 0 Å². The number of nitrogens with one attached hydrogen (secondary N) is 1. The quantitative estimate of drug-likeness (QED) is 0.298. The molecule has 2 aromatic heterocycles. The van der Waals surface area contributed by atoms with Crippen molar-refractivity contribution in [3.05, 3.63) is 48.2 Å². The second kappa shape index (κ2) is 10.6. The molecule has 0 aliphatic rings. The van der Waals surface area contributed by atoms with Crippen molar-refractivity contribution in [3.8, 4) is 17.3 Å². The third-order valence-electron chi connectivity index (χ3n) is 4.97. The Morgan fingerprint density at radius 2 is 2.00 bits per heavy atom. The first kappa shape index (κ1) is 23.1. The summed E-state index contributed by atoms with van der Waals surface area (Å²) in [5.74, 6) is -2.64. The van der Waals surface area contributed by atoms with Crippen LogP contribution in [-0.2, 0) is 16.1 Å². The summed E-state index contributed by atoms with van der Waals surface area (Å²) in [6.45, 7) is 7.18. The molecule has 0 saturated carbocycles. The Kier molecular flexibility index (Phi) is 7.68. The van der Waals surface area contributed by atoms with Gasteiger partial charge in [-0.05, 0) is 33.3 Å². The number of hydrogen-bond acceptors (Lipinski definition) is 6. The van der Waals surface area contributed by atoms with Gasteiger partial charge in [-0.25, -0.2) is 9.67 Å². The number of nitrogens with zero attached hydrogens (tertiary/aromatic N) is 4. The summed E-state index contributed by atoms with van der Waals surface area (Å²) >= 11 is 0. The third kappa shape index (κ3) is 5.18. The van der Waals surface area contributed by atoms with Crippen LogP contribution in [0.1, 0.15) is 37.6 Å². The maximum atomic E-state index is 13.3. The molecule has 0 spiro atoms. The minimum absolute atomic E-state index is 0.107. The maximum absolute atomic E-state index is 13.3. The number of Topliss-reactive ketones (excluding diaryl/α,β-unsaturated/α-hetero) is 1. The molecule has 166 valence electrons. The fraction of sp³-hybridized carbons (Fsp3) is 0.375. The first-order valence-electron chi connectivity index (χ1n) is 10.7. The Balaban J connectivity index is 1.89. The average Bonchev–Trinajstić information content (AvgIpc) is 3.22. The molecule has 8 heteroatoms. The van der Waals surface area contributed by atoms with Crippen LogP contribution in [0, 0.1) is 17.2 Å². The molecule has 0 bridgehead atoms. The van der Waals surface area contributed by atoms with Gasteiger partial charge in [-0.1, -0.05) is 30.3 Å². The van der Waals surface area contributed by atoms with Gasteiger partial charge in [0.1, 0.15) is 0 Å². The number of fused-ring (bicyclic) bond motifs is 1. The van der Waals surface area contributed by atoms with Crippen LogP contribution < -0.4 is 5.32 Å². The smallest absolute Gasteiger partial charge is 0.245 e. The maximum Gasteiger partial charge on any atom is 0.245 e. The third-order valence-corrected chi connectivity index (χ3v) is 4.97. The molecule has 1 aromatic carbocycles. The standard InChI is InChI=1S/C24H27N5O3/c1-4-29-23-20(15-27-29)18(13-21(28-23)17-9-6-5-7-10-17)22(30)19(14-25)24(31)26-11-8-12-32-16(2)3/h5-7,9-10,13,15-16,19H,4,8,11-12H2,1-3H3,(H,26,31). The van der Waals surface area contributed by atoms with E-state index in [4.69, 9.17) is 4.74 Å². The average molecular weight is 434 g/mol. The van der Waals surface area contributed by atoms with Crippen molar-refractivity contribution in [2.45, 2.75) is 39.8 Å². The van der Waals surface area contributed by atoms with Crippen molar-refractivity contribution in [1.29, 1.82) is 5.26 Å². The van der Waals surface area contributed by atoms with E-state index < -0.39 is 17.6 Å². The summed E-state index contributed by atoms with van der Waals surface area (Å²) in [4.78, 5) is 30.6. The molecule has 3 aromatic rings. The molecule has 3 rings (SSSR count). The fourth-order valence-corrected chi connectivity index (χ4v) is 3.34. The number of ether oxygens (including phenoxy) is 1. The highest BCUT2D eigenvalue weighted by molar-refractivity contribution is 6.17. The lowest BCUT2D eigenvalue weighted by molar-refractivity contribution is -0.122. The van der Waals surface area contributed by atoms with Gasteiger partial charge in [0.05, 0.1) is 24.1 Å². The molecule has 0 radical (unpaired) electrons. The van der Waals surface area contributed by atoms with E-state index in [2.05, 4.69) is 15.4 Å². The summed E-state index contributed by atoms with van der Waals surface area (Å²) in [6.07, 6.45) is 2.26. The summed E-state index contributed by atoms with van der Waals surface area (Å²) in [5, 5.41) is 17.1. The van der Waals surface area contributed by atoms with E-state index in [1.807, 2.05) is 57.2 Å². The number of nitriles is 1. The van der Waals surface area contributed by atoms with Crippen LogP contribution in [0.4, 0.5) is 0 Å². The number of benzene rings is 1. The second-order valence-electron chi connectivity index (χ2n) is 7.61. The van der Waals surface area contributed by atoms with E-state index >= 15 is 0 Å².